The minimum absolute atomic E-state index is 0.208. The van der Waals surface area contributed by atoms with E-state index in [1.807, 2.05) is 0 Å². The predicted octanol–water partition coefficient (Wildman–Crippen LogP) is 0.976. The highest BCUT2D eigenvalue weighted by Crippen LogP contribution is 2.02. The maximum atomic E-state index is 11.3. The van der Waals surface area contributed by atoms with E-state index in [1.54, 1.807) is 0 Å². The van der Waals surface area contributed by atoms with E-state index in [1.165, 1.54) is 0 Å². The van der Waals surface area contributed by atoms with Crippen LogP contribution in [0.15, 0.2) is 0 Å². The normalized spacial score (nSPS) is 10.0. The van der Waals surface area contributed by atoms with Crippen LogP contribution in [0.4, 0.5) is 4.79 Å². The molecule has 0 heterocycles. The van der Waals surface area contributed by atoms with Gasteiger partial charge in [-0.1, -0.05) is 12.8 Å². The van der Waals surface area contributed by atoms with Crippen molar-refractivity contribution in [1.82, 2.24) is 10.6 Å². The molecule has 0 aromatic rings. The van der Waals surface area contributed by atoms with E-state index < -0.39 is 5.97 Å². The van der Waals surface area contributed by atoms with Crippen LogP contribution in [-0.4, -0.2) is 36.1 Å². The molecule has 3 amide bonds. The second-order valence-corrected chi connectivity index (χ2v) is 4.66. The molecule has 0 radical (unpaired) electrons. The Hall–Kier alpha value is -1.79. The summed E-state index contributed by atoms with van der Waals surface area (Å²) in [7, 11) is 0. The number of carbonyl (C=O) groups excluding carboxylic acids is 2. The summed E-state index contributed by atoms with van der Waals surface area (Å²) < 4.78 is 0. The van der Waals surface area contributed by atoms with Crippen LogP contribution >= 0.6 is 0 Å². The van der Waals surface area contributed by atoms with Gasteiger partial charge in [-0.05, 0) is 25.7 Å². The lowest BCUT2D eigenvalue weighted by atomic mass is 10.1. The summed E-state index contributed by atoms with van der Waals surface area (Å²) in [5.41, 5.74) is 5.00. The predicted molar refractivity (Wildman–Crippen MR) is 75.2 cm³/mol. The molecule has 0 aliphatic carbocycles. The van der Waals surface area contributed by atoms with E-state index in [4.69, 9.17) is 10.8 Å². The van der Waals surface area contributed by atoms with Gasteiger partial charge < -0.3 is 21.5 Å². The average Bonchev–Trinajstić information content (AvgIpc) is 2.36. The quantitative estimate of drug-likeness (QED) is 0.400. The van der Waals surface area contributed by atoms with Crippen LogP contribution in [0.1, 0.15) is 51.4 Å². The largest absolute Gasteiger partial charge is 0.481 e. The van der Waals surface area contributed by atoms with Crippen molar-refractivity contribution in [2.45, 2.75) is 51.4 Å². The zero-order valence-electron chi connectivity index (χ0n) is 11.8. The van der Waals surface area contributed by atoms with Crippen LogP contribution < -0.4 is 16.4 Å². The van der Waals surface area contributed by atoms with Gasteiger partial charge in [-0.2, -0.15) is 0 Å². The van der Waals surface area contributed by atoms with Gasteiger partial charge in [0.25, 0.3) is 0 Å². The molecule has 116 valence electrons. The Morgan fingerprint density at radius 2 is 1.30 bits per heavy atom. The van der Waals surface area contributed by atoms with Gasteiger partial charge in [0, 0.05) is 25.9 Å². The monoisotopic (exact) mass is 287 g/mol. The summed E-state index contributed by atoms with van der Waals surface area (Å²) in [6.45, 7) is 1.11. The number of primary amides is 1. The number of rotatable bonds is 12. The van der Waals surface area contributed by atoms with E-state index >= 15 is 0 Å². The Labute approximate surface area is 119 Å². The third-order valence-corrected chi connectivity index (χ3v) is 2.74. The number of aliphatic carboxylic acids is 1. The Balaban J connectivity index is 3.24. The van der Waals surface area contributed by atoms with Gasteiger partial charge >= 0.3 is 12.0 Å². The van der Waals surface area contributed by atoms with Crippen LogP contribution in [0.3, 0.4) is 0 Å². The topological polar surface area (TPSA) is 122 Å². The first-order chi connectivity index (χ1) is 9.52. The number of carbonyl (C=O) groups is 3. The van der Waals surface area contributed by atoms with Crippen LogP contribution in [-0.2, 0) is 9.59 Å². The molecule has 0 bridgehead atoms. The number of carboxylic acid groups (broad SMARTS) is 1. The molecule has 0 rings (SSSR count). The van der Waals surface area contributed by atoms with Crippen molar-refractivity contribution < 1.29 is 19.5 Å². The SMILES string of the molecule is NC(=O)CCCCNC(=O)NCCCCCCC(=O)O. The Kier molecular flexibility index (Phi) is 11.2. The number of nitrogens with two attached hydrogens (primary N) is 1. The number of hydrogen-bond donors (Lipinski definition) is 4. The minimum atomic E-state index is -0.765. The van der Waals surface area contributed by atoms with Crippen molar-refractivity contribution in [2.75, 3.05) is 13.1 Å². The second-order valence-electron chi connectivity index (χ2n) is 4.66. The van der Waals surface area contributed by atoms with Crippen molar-refractivity contribution in [3.63, 3.8) is 0 Å². The van der Waals surface area contributed by atoms with Crippen molar-refractivity contribution in [3.8, 4) is 0 Å². The highest BCUT2D eigenvalue weighted by molar-refractivity contribution is 5.74. The molecule has 20 heavy (non-hydrogen) atoms. The van der Waals surface area contributed by atoms with Crippen molar-refractivity contribution in [1.29, 1.82) is 0 Å². The van der Waals surface area contributed by atoms with Crippen LogP contribution in [0.25, 0.3) is 0 Å². The molecule has 0 saturated heterocycles. The van der Waals surface area contributed by atoms with Gasteiger partial charge in [0.1, 0.15) is 0 Å². The highest BCUT2D eigenvalue weighted by atomic mass is 16.4. The third-order valence-electron chi connectivity index (χ3n) is 2.74. The molecule has 0 unspecified atom stereocenters. The third kappa shape index (κ3) is 14.3. The molecule has 5 N–H and O–H groups in total. The van der Waals surface area contributed by atoms with E-state index in [9.17, 15) is 14.4 Å². The zero-order valence-corrected chi connectivity index (χ0v) is 11.8. The maximum absolute atomic E-state index is 11.3. The molecule has 0 fully saturated rings. The number of unbranched alkanes of at least 4 members (excludes halogenated alkanes) is 4. The molecule has 0 aromatic carbocycles. The Bertz CT molecular complexity index is 308. The smallest absolute Gasteiger partial charge is 0.314 e. The molecule has 7 heteroatoms. The summed E-state index contributed by atoms with van der Waals surface area (Å²) in [6.07, 6.45) is 5.26. The summed E-state index contributed by atoms with van der Waals surface area (Å²) >= 11 is 0. The zero-order chi connectivity index (χ0) is 15.2. The number of carboxylic acids is 1. The summed E-state index contributed by atoms with van der Waals surface area (Å²) in [5.74, 6) is -1.09. The first-order valence-electron chi connectivity index (χ1n) is 7.04. The van der Waals surface area contributed by atoms with Crippen molar-refractivity contribution in [2.24, 2.45) is 5.73 Å². The maximum Gasteiger partial charge on any atom is 0.314 e. The lowest BCUT2D eigenvalue weighted by Gasteiger charge is -2.07. The van der Waals surface area contributed by atoms with Gasteiger partial charge in [0.05, 0.1) is 0 Å². The fourth-order valence-electron chi connectivity index (χ4n) is 1.65. The highest BCUT2D eigenvalue weighted by Gasteiger charge is 2.00. The van der Waals surface area contributed by atoms with E-state index in [0.717, 1.165) is 25.7 Å². The molecule has 7 nitrogen and oxygen atoms in total. The van der Waals surface area contributed by atoms with Crippen LogP contribution in [0, 0.1) is 0 Å². The van der Waals surface area contributed by atoms with E-state index in [2.05, 4.69) is 10.6 Å². The fourth-order valence-corrected chi connectivity index (χ4v) is 1.65. The summed E-state index contributed by atoms with van der Waals surface area (Å²) in [4.78, 5) is 32.1. The molecular weight excluding hydrogens is 262 g/mol. The van der Waals surface area contributed by atoms with E-state index in [0.29, 0.717) is 32.4 Å². The van der Waals surface area contributed by atoms with Crippen LogP contribution in [0.2, 0.25) is 0 Å². The van der Waals surface area contributed by atoms with E-state index in [-0.39, 0.29) is 18.4 Å². The molecule has 0 atom stereocenters. The van der Waals surface area contributed by atoms with Crippen LogP contribution in [0.5, 0.6) is 0 Å². The number of amides is 3. The Morgan fingerprint density at radius 1 is 0.800 bits per heavy atom. The van der Waals surface area contributed by atoms with Gasteiger partial charge in [-0.25, -0.2) is 4.79 Å². The van der Waals surface area contributed by atoms with Crippen molar-refractivity contribution in [3.05, 3.63) is 0 Å². The molecule has 0 spiro atoms. The standard InChI is InChI=1S/C13H25N3O4/c14-11(17)7-4-6-10-16-13(20)15-9-5-2-1-3-8-12(18)19/h1-10H2,(H2,14,17)(H,18,19)(H2,15,16,20). The van der Waals surface area contributed by atoms with Gasteiger partial charge in [0.2, 0.25) is 5.91 Å². The molecular formula is C13H25N3O4. The Morgan fingerprint density at radius 3 is 1.85 bits per heavy atom. The summed E-state index contributed by atoms with van der Waals surface area (Å²) in [6, 6.07) is -0.213. The summed E-state index contributed by atoms with van der Waals surface area (Å²) in [5, 5.41) is 13.9. The lowest BCUT2D eigenvalue weighted by Crippen LogP contribution is -2.36. The van der Waals surface area contributed by atoms with Crippen molar-refractivity contribution >= 4 is 17.9 Å². The average molecular weight is 287 g/mol. The molecule has 0 aromatic heterocycles. The number of nitrogens with one attached hydrogen (secondary N) is 2. The second kappa shape index (κ2) is 12.3. The lowest BCUT2D eigenvalue weighted by molar-refractivity contribution is -0.137. The molecule has 0 aliphatic heterocycles. The number of hydrogen-bond acceptors (Lipinski definition) is 3. The molecule has 0 saturated carbocycles. The van der Waals surface area contributed by atoms with Gasteiger partial charge in [0.15, 0.2) is 0 Å². The fraction of sp³-hybridized carbons (Fsp3) is 0.769. The minimum Gasteiger partial charge on any atom is -0.481 e. The first-order valence-corrected chi connectivity index (χ1v) is 7.04. The first kappa shape index (κ1) is 18.2. The number of urea groups is 1. The van der Waals surface area contributed by atoms with Gasteiger partial charge in [-0.15, -0.1) is 0 Å². The molecule has 0 aliphatic rings. The van der Waals surface area contributed by atoms with Gasteiger partial charge in [-0.3, -0.25) is 9.59 Å².